The monoisotopic (exact) mass is 327 g/mol. The molecular formula is C15H19F2N3OS. The highest BCUT2D eigenvalue weighted by atomic mass is 32.1. The number of nitrogens with one attached hydrogen (secondary N) is 2. The fraction of sp³-hybridized carbons (Fsp3) is 0.467. The van der Waals surface area contributed by atoms with Crippen LogP contribution in [0.3, 0.4) is 0 Å². The van der Waals surface area contributed by atoms with Crippen LogP contribution in [-0.4, -0.2) is 24.0 Å². The van der Waals surface area contributed by atoms with E-state index in [0.29, 0.717) is 16.7 Å². The molecule has 1 aromatic rings. The molecule has 2 N–H and O–H groups in total. The Morgan fingerprint density at radius 3 is 2.73 bits per heavy atom. The first-order chi connectivity index (χ1) is 10.6. The highest BCUT2D eigenvalue weighted by molar-refractivity contribution is 7.80. The van der Waals surface area contributed by atoms with Gasteiger partial charge in [0, 0.05) is 11.6 Å². The zero-order valence-electron chi connectivity index (χ0n) is 12.1. The second-order valence-electron chi connectivity index (χ2n) is 5.09. The van der Waals surface area contributed by atoms with E-state index >= 15 is 0 Å². The Hall–Kier alpha value is -1.76. The van der Waals surface area contributed by atoms with E-state index in [9.17, 15) is 8.78 Å². The van der Waals surface area contributed by atoms with Gasteiger partial charge in [-0.15, -0.1) is 0 Å². The largest absolute Gasteiger partial charge is 0.434 e. The minimum Gasteiger partial charge on any atom is -0.434 e. The Labute approximate surface area is 133 Å². The molecule has 0 atom stereocenters. The molecule has 120 valence electrons. The Morgan fingerprint density at radius 1 is 1.27 bits per heavy atom. The van der Waals surface area contributed by atoms with E-state index in [1.54, 1.807) is 18.2 Å². The molecule has 22 heavy (non-hydrogen) atoms. The number of para-hydroxylation sites is 1. The molecule has 0 unspecified atom stereocenters. The standard InChI is InChI=1S/C15H19F2N3OS/c16-14(17)21-13-9-5-4-6-11(13)10-18-20-15(22)19-12-7-2-1-3-8-12/h4-6,9-10,12,14H,1-3,7-8H2,(H2,19,20,22)/b18-10+. The lowest BCUT2D eigenvalue weighted by molar-refractivity contribution is -0.0499. The maximum absolute atomic E-state index is 12.3. The van der Waals surface area contributed by atoms with Crippen molar-refractivity contribution in [3.63, 3.8) is 0 Å². The van der Waals surface area contributed by atoms with Crippen molar-refractivity contribution in [1.29, 1.82) is 0 Å². The molecule has 0 heterocycles. The summed E-state index contributed by atoms with van der Waals surface area (Å²) >= 11 is 5.17. The van der Waals surface area contributed by atoms with Crippen molar-refractivity contribution in [3.05, 3.63) is 29.8 Å². The lowest BCUT2D eigenvalue weighted by Gasteiger charge is -2.23. The van der Waals surface area contributed by atoms with Crippen LogP contribution >= 0.6 is 12.2 Å². The SMILES string of the molecule is FC(F)Oc1ccccc1/C=N/NC(=S)NC1CCCCC1. The second-order valence-corrected chi connectivity index (χ2v) is 5.50. The number of halogens is 2. The fourth-order valence-corrected chi connectivity index (χ4v) is 2.63. The lowest BCUT2D eigenvalue weighted by atomic mass is 9.96. The summed E-state index contributed by atoms with van der Waals surface area (Å²) in [6.45, 7) is -2.86. The van der Waals surface area contributed by atoms with Crippen LogP contribution in [0.25, 0.3) is 0 Å². The maximum atomic E-state index is 12.3. The Bertz CT molecular complexity index is 519. The van der Waals surface area contributed by atoms with Crippen molar-refractivity contribution in [2.45, 2.75) is 44.8 Å². The number of ether oxygens (including phenoxy) is 1. The third kappa shape index (κ3) is 5.55. The molecule has 0 spiro atoms. The third-order valence-corrected chi connectivity index (χ3v) is 3.65. The molecule has 1 aliphatic rings. The maximum Gasteiger partial charge on any atom is 0.387 e. The molecule has 0 aromatic heterocycles. The van der Waals surface area contributed by atoms with E-state index in [2.05, 4.69) is 20.6 Å². The van der Waals surface area contributed by atoms with Gasteiger partial charge in [0.2, 0.25) is 0 Å². The number of alkyl halides is 2. The van der Waals surface area contributed by atoms with Crippen molar-refractivity contribution >= 4 is 23.5 Å². The van der Waals surface area contributed by atoms with Crippen LogP contribution in [0.1, 0.15) is 37.7 Å². The summed E-state index contributed by atoms with van der Waals surface area (Å²) in [4.78, 5) is 0. The van der Waals surface area contributed by atoms with Crippen LogP contribution < -0.4 is 15.5 Å². The van der Waals surface area contributed by atoms with E-state index in [4.69, 9.17) is 12.2 Å². The summed E-state index contributed by atoms with van der Waals surface area (Å²) in [7, 11) is 0. The first-order valence-corrected chi connectivity index (χ1v) is 7.69. The van der Waals surface area contributed by atoms with Gasteiger partial charge in [-0.05, 0) is 37.2 Å². The summed E-state index contributed by atoms with van der Waals surface area (Å²) in [6.07, 6.45) is 7.32. The van der Waals surface area contributed by atoms with Crippen LogP contribution in [0, 0.1) is 0 Å². The molecule has 0 aliphatic heterocycles. The average molecular weight is 327 g/mol. The molecular weight excluding hydrogens is 308 g/mol. The molecule has 0 amide bonds. The van der Waals surface area contributed by atoms with Crippen molar-refractivity contribution in [2.75, 3.05) is 0 Å². The minimum atomic E-state index is -2.86. The first-order valence-electron chi connectivity index (χ1n) is 7.28. The predicted octanol–water partition coefficient (Wildman–Crippen LogP) is 3.42. The number of thiocarbonyl (C=S) groups is 1. The number of benzene rings is 1. The van der Waals surface area contributed by atoms with Crippen molar-refractivity contribution < 1.29 is 13.5 Å². The zero-order chi connectivity index (χ0) is 15.8. The van der Waals surface area contributed by atoms with Crippen molar-refractivity contribution in [2.24, 2.45) is 5.10 Å². The van der Waals surface area contributed by atoms with Crippen molar-refractivity contribution in [1.82, 2.24) is 10.7 Å². The van der Waals surface area contributed by atoms with Gasteiger partial charge < -0.3 is 10.1 Å². The normalized spacial score (nSPS) is 16.0. The number of rotatable bonds is 5. The van der Waals surface area contributed by atoms with Gasteiger partial charge in [-0.3, -0.25) is 5.43 Å². The summed E-state index contributed by atoms with van der Waals surface area (Å²) in [5.74, 6) is 0.0780. The molecule has 1 aromatic carbocycles. The molecule has 1 aliphatic carbocycles. The number of hydrogen-bond acceptors (Lipinski definition) is 3. The van der Waals surface area contributed by atoms with Gasteiger partial charge in [0.05, 0.1) is 6.21 Å². The lowest BCUT2D eigenvalue weighted by Crippen LogP contribution is -2.40. The van der Waals surface area contributed by atoms with Crippen LogP contribution in [0.5, 0.6) is 5.75 Å². The minimum absolute atomic E-state index is 0.0780. The molecule has 0 radical (unpaired) electrons. The third-order valence-electron chi connectivity index (χ3n) is 3.45. The Balaban J connectivity index is 1.85. The zero-order valence-corrected chi connectivity index (χ0v) is 12.9. The van der Waals surface area contributed by atoms with Gasteiger partial charge >= 0.3 is 6.61 Å². The van der Waals surface area contributed by atoms with Gasteiger partial charge in [0.15, 0.2) is 5.11 Å². The summed E-state index contributed by atoms with van der Waals surface area (Å²) in [6, 6.07) is 6.83. The molecule has 7 heteroatoms. The predicted molar refractivity (Wildman–Crippen MR) is 86.4 cm³/mol. The van der Waals surface area contributed by atoms with E-state index < -0.39 is 6.61 Å². The topological polar surface area (TPSA) is 45.6 Å². The van der Waals surface area contributed by atoms with E-state index in [1.165, 1.54) is 31.5 Å². The van der Waals surface area contributed by atoms with Gasteiger partial charge in [-0.25, -0.2) is 0 Å². The molecule has 1 saturated carbocycles. The van der Waals surface area contributed by atoms with E-state index in [0.717, 1.165) is 12.8 Å². The quantitative estimate of drug-likeness (QED) is 0.494. The molecule has 0 bridgehead atoms. The summed E-state index contributed by atoms with van der Waals surface area (Å²) < 4.78 is 29.0. The Morgan fingerprint density at radius 2 is 2.00 bits per heavy atom. The van der Waals surface area contributed by atoms with Gasteiger partial charge in [-0.1, -0.05) is 31.4 Å². The second kappa shape index (κ2) is 8.63. The highest BCUT2D eigenvalue weighted by Crippen LogP contribution is 2.18. The highest BCUT2D eigenvalue weighted by Gasteiger charge is 2.13. The summed E-state index contributed by atoms with van der Waals surface area (Å²) in [5, 5.41) is 7.62. The smallest absolute Gasteiger partial charge is 0.387 e. The number of nitrogens with zero attached hydrogens (tertiary/aromatic N) is 1. The van der Waals surface area contributed by atoms with Crippen LogP contribution in [0.4, 0.5) is 8.78 Å². The van der Waals surface area contributed by atoms with Crippen LogP contribution in [0.2, 0.25) is 0 Å². The number of hydrazone groups is 1. The van der Waals surface area contributed by atoms with Gasteiger partial charge in [-0.2, -0.15) is 13.9 Å². The van der Waals surface area contributed by atoms with Crippen molar-refractivity contribution in [3.8, 4) is 5.75 Å². The number of hydrogen-bond donors (Lipinski definition) is 2. The first kappa shape index (κ1) is 16.6. The Kier molecular flexibility index (Phi) is 6.51. The summed E-state index contributed by atoms with van der Waals surface area (Å²) in [5.41, 5.74) is 3.16. The molecule has 4 nitrogen and oxygen atoms in total. The average Bonchev–Trinajstić information content (AvgIpc) is 2.49. The molecule has 0 saturated heterocycles. The van der Waals surface area contributed by atoms with Gasteiger partial charge in [0.1, 0.15) is 5.75 Å². The van der Waals surface area contributed by atoms with Gasteiger partial charge in [0.25, 0.3) is 0 Å². The molecule has 2 rings (SSSR count). The van der Waals surface area contributed by atoms with Crippen LogP contribution in [0.15, 0.2) is 29.4 Å². The van der Waals surface area contributed by atoms with E-state index in [-0.39, 0.29) is 5.75 Å². The van der Waals surface area contributed by atoms with Crippen LogP contribution in [-0.2, 0) is 0 Å². The fourth-order valence-electron chi connectivity index (χ4n) is 2.42. The molecule has 1 fully saturated rings. The van der Waals surface area contributed by atoms with E-state index in [1.807, 2.05) is 0 Å².